The molecule has 1 aromatic heterocycles. The minimum absolute atomic E-state index is 0.673. The molecule has 0 aliphatic rings. The van der Waals surface area contributed by atoms with Crippen molar-refractivity contribution in [2.24, 2.45) is 5.10 Å². The lowest BCUT2D eigenvalue weighted by atomic mass is 10.2. The van der Waals surface area contributed by atoms with Gasteiger partial charge in [-0.1, -0.05) is 0 Å². The average Bonchev–Trinajstić information content (AvgIpc) is 2.69. The summed E-state index contributed by atoms with van der Waals surface area (Å²) >= 11 is 0. The molecule has 0 aliphatic heterocycles. The van der Waals surface area contributed by atoms with E-state index >= 15 is 0 Å². The fourth-order valence-electron chi connectivity index (χ4n) is 1.57. The average molecular weight is 244 g/mol. The molecule has 1 heterocycles. The van der Waals surface area contributed by atoms with Crippen molar-refractivity contribution in [3.63, 3.8) is 0 Å². The van der Waals surface area contributed by atoms with E-state index in [1.807, 2.05) is 45.0 Å². The molecule has 0 fully saturated rings. The van der Waals surface area contributed by atoms with Crippen LogP contribution in [0.1, 0.15) is 24.1 Å². The Morgan fingerprint density at radius 2 is 1.78 bits per heavy atom. The molecule has 0 saturated heterocycles. The maximum atomic E-state index is 5.38. The maximum Gasteiger partial charge on any atom is 0.151 e. The number of hydrogen-bond donors (Lipinski definition) is 0. The Morgan fingerprint density at radius 1 is 1.17 bits per heavy atom. The molecule has 0 aliphatic carbocycles. The van der Waals surface area contributed by atoms with Gasteiger partial charge >= 0.3 is 0 Å². The Balaban J connectivity index is 2.14. The standard InChI is InChI=1S/C13H16N4O/c1-4-18-13-7-5-12(6-8-13)9-14-17-10(2)15-16-11(17)3/h5-9H,4H2,1-3H3/b14-9-. The molecule has 0 N–H and O–H groups in total. The van der Waals surface area contributed by atoms with Gasteiger partial charge in [-0.3, -0.25) is 0 Å². The smallest absolute Gasteiger partial charge is 0.151 e. The van der Waals surface area contributed by atoms with Crippen molar-refractivity contribution in [3.8, 4) is 5.75 Å². The lowest BCUT2D eigenvalue weighted by Gasteiger charge is -2.02. The molecular formula is C13H16N4O. The number of nitrogens with zero attached hydrogens (tertiary/aromatic N) is 4. The SMILES string of the molecule is CCOc1ccc(/C=N\n2c(C)nnc2C)cc1. The van der Waals surface area contributed by atoms with Crippen LogP contribution in [0.4, 0.5) is 0 Å². The number of ether oxygens (including phenoxy) is 1. The van der Waals surface area contributed by atoms with Gasteiger partial charge in [-0.2, -0.15) is 5.10 Å². The van der Waals surface area contributed by atoms with Crippen LogP contribution >= 0.6 is 0 Å². The van der Waals surface area contributed by atoms with Crippen molar-refractivity contribution in [2.45, 2.75) is 20.8 Å². The van der Waals surface area contributed by atoms with E-state index in [-0.39, 0.29) is 0 Å². The summed E-state index contributed by atoms with van der Waals surface area (Å²) in [5, 5.41) is 12.2. The summed E-state index contributed by atoms with van der Waals surface area (Å²) in [6.07, 6.45) is 1.78. The minimum atomic E-state index is 0.673. The Morgan fingerprint density at radius 3 is 2.33 bits per heavy atom. The number of hydrogen-bond acceptors (Lipinski definition) is 4. The van der Waals surface area contributed by atoms with Gasteiger partial charge in [-0.25, -0.2) is 4.68 Å². The van der Waals surface area contributed by atoms with Crippen molar-refractivity contribution >= 4 is 6.21 Å². The predicted octanol–water partition coefficient (Wildman–Crippen LogP) is 2.18. The molecule has 5 nitrogen and oxygen atoms in total. The normalized spacial score (nSPS) is 11.1. The van der Waals surface area contributed by atoms with Gasteiger partial charge in [0, 0.05) is 0 Å². The van der Waals surface area contributed by atoms with Crippen LogP contribution in [0.3, 0.4) is 0 Å². The molecule has 0 unspecified atom stereocenters. The molecule has 1 aromatic carbocycles. The van der Waals surface area contributed by atoms with E-state index in [4.69, 9.17) is 4.74 Å². The van der Waals surface area contributed by atoms with Gasteiger partial charge in [0.15, 0.2) is 11.6 Å². The predicted molar refractivity (Wildman–Crippen MR) is 70.1 cm³/mol. The van der Waals surface area contributed by atoms with Crippen LogP contribution in [0.5, 0.6) is 5.75 Å². The highest BCUT2D eigenvalue weighted by Crippen LogP contribution is 2.11. The van der Waals surface area contributed by atoms with Crippen LogP contribution < -0.4 is 4.74 Å². The highest BCUT2D eigenvalue weighted by molar-refractivity contribution is 5.79. The summed E-state index contributed by atoms with van der Waals surface area (Å²) in [6, 6.07) is 7.78. The minimum Gasteiger partial charge on any atom is -0.494 e. The second kappa shape index (κ2) is 5.44. The zero-order chi connectivity index (χ0) is 13.0. The first-order chi connectivity index (χ1) is 8.70. The van der Waals surface area contributed by atoms with Crippen LogP contribution in [0.15, 0.2) is 29.4 Å². The monoisotopic (exact) mass is 244 g/mol. The van der Waals surface area contributed by atoms with E-state index in [2.05, 4.69) is 15.3 Å². The first-order valence-corrected chi connectivity index (χ1v) is 5.86. The Hall–Kier alpha value is -2.17. The van der Waals surface area contributed by atoms with Gasteiger partial charge in [-0.15, -0.1) is 10.2 Å². The zero-order valence-electron chi connectivity index (χ0n) is 10.8. The van der Waals surface area contributed by atoms with E-state index in [0.717, 1.165) is 23.0 Å². The Labute approximate surface area is 106 Å². The van der Waals surface area contributed by atoms with E-state index in [9.17, 15) is 0 Å². The van der Waals surface area contributed by atoms with E-state index in [1.54, 1.807) is 10.9 Å². The van der Waals surface area contributed by atoms with Crippen LogP contribution in [-0.2, 0) is 0 Å². The molecule has 0 atom stereocenters. The number of rotatable bonds is 4. The molecule has 0 bridgehead atoms. The Kier molecular flexibility index (Phi) is 3.72. The third-order valence-corrected chi connectivity index (χ3v) is 2.47. The largest absolute Gasteiger partial charge is 0.494 e. The van der Waals surface area contributed by atoms with Gasteiger partial charge in [0.05, 0.1) is 12.8 Å². The lowest BCUT2D eigenvalue weighted by Crippen LogP contribution is -1.96. The van der Waals surface area contributed by atoms with E-state index in [0.29, 0.717) is 6.61 Å². The van der Waals surface area contributed by atoms with Gasteiger partial charge in [-0.05, 0) is 50.6 Å². The molecule has 0 radical (unpaired) electrons. The topological polar surface area (TPSA) is 52.3 Å². The molecule has 2 rings (SSSR count). The van der Waals surface area contributed by atoms with Gasteiger partial charge in [0.25, 0.3) is 0 Å². The summed E-state index contributed by atoms with van der Waals surface area (Å²) in [6.45, 7) is 6.38. The van der Waals surface area contributed by atoms with Crippen molar-refractivity contribution in [3.05, 3.63) is 41.5 Å². The zero-order valence-corrected chi connectivity index (χ0v) is 10.8. The summed E-state index contributed by atoms with van der Waals surface area (Å²) in [7, 11) is 0. The summed E-state index contributed by atoms with van der Waals surface area (Å²) < 4.78 is 7.08. The number of benzene rings is 1. The van der Waals surface area contributed by atoms with E-state index < -0.39 is 0 Å². The van der Waals surface area contributed by atoms with Crippen LogP contribution in [-0.4, -0.2) is 27.7 Å². The van der Waals surface area contributed by atoms with Crippen molar-refractivity contribution in [1.82, 2.24) is 14.9 Å². The Bertz CT molecular complexity index is 523. The molecule has 94 valence electrons. The van der Waals surface area contributed by atoms with Crippen molar-refractivity contribution < 1.29 is 4.74 Å². The molecule has 0 saturated carbocycles. The van der Waals surface area contributed by atoms with Gasteiger partial charge in [0.2, 0.25) is 0 Å². The second-order valence-electron chi connectivity index (χ2n) is 3.85. The fourth-order valence-corrected chi connectivity index (χ4v) is 1.57. The van der Waals surface area contributed by atoms with Crippen LogP contribution in [0.25, 0.3) is 0 Å². The third-order valence-electron chi connectivity index (χ3n) is 2.47. The van der Waals surface area contributed by atoms with Crippen molar-refractivity contribution in [1.29, 1.82) is 0 Å². The van der Waals surface area contributed by atoms with Gasteiger partial charge < -0.3 is 4.74 Å². The molecule has 18 heavy (non-hydrogen) atoms. The molecule has 0 spiro atoms. The lowest BCUT2D eigenvalue weighted by molar-refractivity contribution is 0.340. The number of aryl methyl sites for hydroxylation is 2. The quantitative estimate of drug-likeness (QED) is 0.774. The molecular weight excluding hydrogens is 228 g/mol. The first-order valence-electron chi connectivity index (χ1n) is 5.86. The highest BCUT2D eigenvalue weighted by atomic mass is 16.5. The second-order valence-corrected chi connectivity index (χ2v) is 3.85. The molecule has 5 heteroatoms. The van der Waals surface area contributed by atoms with E-state index in [1.165, 1.54) is 0 Å². The van der Waals surface area contributed by atoms with Gasteiger partial charge in [0.1, 0.15) is 5.75 Å². The molecule has 2 aromatic rings. The third kappa shape index (κ3) is 2.74. The maximum absolute atomic E-state index is 5.38. The first kappa shape index (κ1) is 12.3. The van der Waals surface area contributed by atoms with Crippen LogP contribution in [0, 0.1) is 13.8 Å². The summed E-state index contributed by atoms with van der Waals surface area (Å²) in [5.41, 5.74) is 1.01. The number of aromatic nitrogens is 3. The fraction of sp³-hybridized carbons (Fsp3) is 0.308. The van der Waals surface area contributed by atoms with Crippen molar-refractivity contribution in [2.75, 3.05) is 6.61 Å². The highest BCUT2D eigenvalue weighted by Gasteiger charge is 2.01. The summed E-state index contributed by atoms with van der Waals surface area (Å²) in [4.78, 5) is 0. The summed E-state index contributed by atoms with van der Waals surface area (Å²) in [5.74, 6) is 2.41. The van der Waals surface area contributed by atoms with Crippen LogP contribution in [0.2, 0.25) is 0 Å². The molecule has 0 amide bonds.